The van der Waals surface area contributed by atoms with Crippen molar-refractivity contribution in [3.05, 3.63) is 46.6 Å². The van der Waals surface area contributed by atoms with E-state index in [1.54, 1.807) is 12.1 Å². The van der Waals surface area contributed by atoms with Gasteiger partial charge in [-0.05, 0) is 36.5 Å². The lowest BCUT2D eigenvalue weighted by Gasteiger charge is -2.28. The summed E-state index contributed by atoms with van der Waals surface area (Å²) in [6, 6.07) is 5.31. The van der Waals surface area contributed by atoms with Gasteiger partial charge in [-0.1, -0.05) is 17.7 Å². The van der Waals surface area contributed by atoms with Crippen LogP contribution in [0.3, 0.4) is 0 Å². The Labute approximate surface area is 134 Å². The number of nitrogens with zero attached hydrogens (tertiary/aromatic N) is 3. The Balaban J connectivity index is 1.68. The molecule has 0 saturated heterocycles. The Hall–Kier alpha value is -1.88. The Morgan fingerprint density at radius 1 is 1.32 bits per heavy atom. The van der Waals surface area contributed by atoms with Gasteiger partial charge < -0.3 is 10.2 Å². The lowest BCUT2D eigenvalue weighted by Crippen LogP contribution is -2.25. The predicted octanol–water partition coefficient (Wildman–Crippen LogP) is 3.31. The molecule has 116 valence electrons. The van der Waals surface area contributed by atoms with E-state index in [0.717, 1.165) is 30.6 Å². The van der Waals surface area contributed by atoms with Crippen LogP contribution in [0.1, 0.15) is 17.5 Å². The van der Waals surface area contributed by atoms with Crippen molar-refractivity contribution >= 4 is 23.1 Å². The smallest absolute Gasteiger partial charge is 0.134 e. The fourth-order valence-electron chi connectivity index (χ4n) is 2.79. The van der Waals surface area contributed by atoms with Gasteiger partial charge in [-0.2, -0.15) is 0 Å². The van der Waals surface area contributed by atoms with Gasteiger partial charge in [-0.15, -0.1) is 0 Å². The van der Waals surface area contributed by atoms with Gasteiger partial charge in [0.25, 0.3) is 0 Å². The van der Waals surface area contributed by atoms with Crippen LogP contribution in [0.15, 0.2) is 24.5 Å². The summed E-state index contributed by atoms with van der Waals surface area (Å²) in [5, 5.41) is 3.53. The lowest BCUT2D eigenvalue weighted by molar-refractivity contribution is 0.605. The number of hydrogen-bond donors (Lipinski definition) is 1. The Kier molecular flexibility index (Phi) is 4.43. The molecule has 3 rings (SSSR count). The average Bonchev–Trinajstić information content (AvgIpc) is 2.49. The number of aryl methyl sites for hydroxylation is 1. The van der Waals surface area contributed by atoms with E-state index in [4.69, 9.17) is 11.6 Å². The van der Waals surface area contributed by atoms with Gasteiger partial charge in [0.1, 0.15) is 23.1 Å². The zero-order valence-corrected chi connectivity index (χ0v) is 13.2. The normalized spacial score (nSPS) is 13.9. The van der Waals surface area contributed by atoms with Crippen molar-refractivity contribution < 1.29 is 4.39 Å². The summed E-state index contributed by atoms with van der Waals surface area (Å²) in [6.45, 7) is 1.58. The third-order valence-electron chi connectivity index (χ3n) is 3.93. The molecule has 22 heavy (non-hydrogen) atoms. The minimum Gasteiger partial charge on any atom is -0.374 e. The van der Waals surface area contributed by atoms with Crippen LogP contribution in [0.2, 0.25) is 5.15 Å². The number of aromatic nitrogens is 2. The van der Waals surface area contributed by atoms with E-state index in [0.29, 0.717) is 23.9 Å². The summed E-state index contributed by atoms with van der Waals surface area (Å²) in [5.41, 5.74) is 2.99. The second-order valence-electron chi connectivity index (χ2n) is 5.50. The van der Waals surface area contributed by atoms with E-state index in [1.807, 2.05) is 13.1 Å². The van der Waals surface area contributed by atoms with E-state index >= 15 is 0 Å². The Bertz CT molecular complexity index is 677. The molecule has 4 nitrogen and oxygen atoms in total. The maximum Gasteiger partial charge on any atom is 0.134 e. The molecular weight excluding hydrogens is 303 g/mol. The van der Waals surface area contributed by atoms with Gasteiger partial charge in [0.2, 0.25) is 0 Å². The third kappa shape index (κ3) is 3.30. The molecule has 2 heterocycles. The van der Waals surface area contributed by atoms with Gasteiger partial charge in [0.15, 0.2) is 0 Å². The molecule has 0 atom stereocenters. The maximum absolute atomic E-state index is 14.2. The fraction of sp³-hybridized carbons (Fsp3) is 0.375. The summed E-state index contributed by atoms with van der Waals surface area (Å²) in [5.74, 6) is 0.508. The zero-order valence-electron chi connectivity index (χ0n) is 12.4. The SMILES string of the molecule is CN1CCCc2cc(CCNc3cc(Cl)ncn3)c(F)cc21. The second kappa shape index (κ2) is 6.48. The highest BCUT2D eigenvalue weighted by molar-refractivity contribution is 6.29. The van der Waals surface area contributed by atoms with Gasteiger partial charge in [0.05, 0.1) is 0 Å². The van der Waals surface area contributed by atoms with Crippen LogP contribution in [-0.2, 0) is 12.8 Å². The standard InChI is InChI=1S/C16H18ClFN4/c1-22-6-2-3-12-7-11(13(18)8-14(12)22)4-5-19-16-9-15(17)20-10-21-16/h7-10H,2-6H2,1H3,(H,19,20,21). The molecule has 0 unspecified atom stereocenters. The summed E-state index contributed by atoms with van der Waals surface area (Å²) >= 11 is 5.80. The third-order valence-corrected chi connectivity index (χ3v) is 4.14. The number of anilines is 2. The number of halogens is 2. The average molecular weight is 321 g/mol. The van der Waals surface area contributed by atoms with Gasteiger partial charge in [-0.3, -0.25) is 0 Å². The van der Waals surface area contributed by atoms with Crippen molar-refractivity contribution in [3.63, 3.8) is 0 Å². The summed E-state index contributed by atoms with van der Waals surface area (Å²) in [7, 11) is 2.01. The van der Waals surface area contributed by atoms with E-state index in [1.165, 1.54) is 11.9 Å². The summed E-state index contributed by atoms with van der Waals surface area (Å²) in [6.07, 6.45) is 4.14. The van der Waals surface area contributed by atoms with Crippen molar-refractivity contribution in [1.29, 1.82) is 0 Å². The molecule has 0 saturated carbocycles. The lowest BCUT2D eigenvalue weighted by atomic mass is 9.98. The summed E-state index contributed by atoms with van der Waals surface area (Å²) < 4.78 is 14.2. The zero-order chi connectivity index (χ0) is 15.5. The molecule has 0 bridgehead atoms. The summed E-state index contributed by atoms with van der Waals surface area (Å²) in [4.78, 5) is 10.0. The highest BCUT2D eigenvalue weighted by Gasteiger charge is 2.16. The number of benzene rings is 1. The first-order valence-electron chi connectivity index (χ1n) is 7.37. The molecule has 0 amide bonds. The molecular formula is C16H18ClFN4. The Morgan fingerprint density at radius 3 is 3.00 bits per heavy atom. The molecule has 1 aromatic carbocycles. The first-order chi connectivity index (χ1) is 10.6. The number of nitrogens with one attached hydrogen (secondary N) is 1. The van der Waals surface area contributed by atoms with Crippen molar-refractivity contribution in [2.75, 3.05) is 30.4 Å². The minimum atomic E-state index is -0.144. The molecule has 0 aliphatic carbocycles. The van der Waals surface area contributed by atoms with E-state index in [2.05, 4.69) is 20.2 Å². The van der Waals surface area contributed by atoms with Crippen molar-refractivity contribution in [2.45, 2.75) is 19.3 Å². The van der Waals surface area contributed by atoms with Crippen LogP contribution >= 0.6 is 11.6 Å². The second-order valence-corrected chi connectivity index (χ2v) is 5.89. The molecule has 1 aliphatic heterocycles. The molecule has 1 aromatic heterocycles. The number of hydrogen-bond acceptors (Lipinski definition) is 4. The van der Waals surface area contributed by atoms with Crippen molar-refractivity contribution in [1.82, 2.24) is 9.97 Å². The van der Waals surface area contributed by atoms with Crippen molar-refractivity contribution in [2.24, 2.45) is 0 Å². The largest absolute Gasteiger partial charge is 0.374 e. The maximum atomic E-state index is 14.2. The quantitative estimate of drug-likeness (QED) is 0.878. The van der Waals surface area contributed by atoms with Crippen LogP contribution < -0.4 is 10.2 Å². The van der Waals surface area contributed by atoms with E-state index in [9.17, 15) is 4.39 Å². The van der Waals surface area contributed by atoms with Gasteiger partial charge in [-0.25, -0.2) is 14.4 Å². The molecule has 2 aromatic rings. The minimum absolute atomic E-state index is 0.144. The molecule has 0 spiro atoms. The first-order valence-corrected chi connectivity index (χ1v) is 7.75. The van der Waals surface area contributed by atoms with Gasteiger partial charge >= 0.3 is 0 Å². The van der Waals surface area contributed by atoms with Crippen LogP contribution in [-0.4, -0.2) is 30.1 Å². The van der Waals surface area contributed by atoms with Crippen LogP contribution in [0.25, 0.3) is 0 Å². The molecule has 0 radical (unpaired) electrons. The van der Waals surface area contributed by atoms with Crippen LogP contribution in [0.5, 0.6) is 0 Å². The number of fused-ring (bicyclic) bond motifs is 1. The molecule has 1 aliphatic rings. The predicted molar refractivity (Wildman–Crippen MR) is 87.2 cm³/mol. The first kappa shape index (κ1) is 15.0. The monoisotopic (exact) mass is 320 g/mol. The highest BCUT2D eigenvalue weighted by Crippen LogP contribution is 2.28. The Morgan fingerprint density at radius 2 is 2.18 bits per heavy atom. The highest BCUT2D eigenvalue weighted by atomic mass is 35.5. The van der Waals surface area contributed by atoms with E-state index in [-0.39, 0.29) is 5.82 Å². The van der Waals surface area contributed by atoms with E-state index < -0.39 is 0 Å². The van der Waals surface area contributed by atoms with Crippen LogP contribution in [0.4, 0.5) is 15.9 Å². The van der Waals surface area contributed by atoms with Gasteiger partial charge in [0, 0.05) is 31.9 Å². The molecule has 6 heteroatoms. The van der Waals surface area contributed by atoms with Crippen molar-refractivity contribution in [3.8, 4) is 0 Å². The fourth-order valence-corrected chi connectivity index (χ4v) is 2.94. The topological polar surface area (TPSA) is 41.0 Å². The molecule has 1 N–H and O–H groups in total. The number of rotatable bonds is 4. The molecule has 0 fully saturated rings. The van der Waals surface area contributed by atoms with Crippen LogP contribution in [0, 0.1) is 5.82 Å².